The number of primary amides is 1. The molecule has 1 aliphatic heterocycles. The van der Waals surface area contributed by atoms with Crippen molar-refractivity contribution in [1.82, 2.24) is 10.2 Å². The molecule has 8 heteroatoms. The highest BCUT2D eigenvalue weighted by atomic mass is 32.2. The van der Waals surface area contributed by atoms with E-state index < -0.39 is 12.1 Å². The Morgan fingerprint density at radius 2 is 2.37 bits per heavy atom. The van der Waals surface area contributed by atoms with Crippen molar-refractivity contribution < 1.29 is 19.4 Å². The highest BCUT2D eigenvalue weighted by molar-refractivity contribution is 7.98. The maximum atomic E-state index is 12.4. The van der Waals surface area contributed by atoms with Gasteiger partial charge < -0.3 is 25.8 Å². The first-order chi connectivity index (χ1) is 9.10. The summed E-state index contributed by atoms with van der Waals surface area (Å²) in [6, 6.07) is -1.71. The molecule has 1 heterocycles. The van der Waals surface area contributed by atoms with E-state index >= 15 is 0 Å². The Morgan fingerprint density at radius 3 is 2.95 bits per heavy atom. The van der Waals surface area contributed by atoms with Gasteiger partial charge in [-0.15, -0.1) is 0 Å². The van der Waals surface area contributed by atoms with Gasteiger partial charge in [-0.2, -0.15) is 11.8 Å². The van der Waals surface area contributed by atoms with Gasteiger partial charge in [-0.3, -0.25) is 4.79 Å². The number of aliphatic hydroxyl groups excluding tert-OH is 1. The molecule has 0 aromatic carbocycles. The van der Waals surface area contributed by atoms with E-state index in [1.165, 1.54) is 0 Å². The minimum absolute atomic E-state index is 0.155. The summed E-state index contributed by atoms with van der Waals surface area (Å²) in [7, 11) is 0. The van der Waals surface area contributed by atoms with Crippen LogP contribution in [-0.2, 0) is 9.53 Å². The van der Waals surface area contributed by atoms with Crippen LogP contribution in [0.1, 0.15) is 6.42 Å². The topological polar surface area (TPSA) is 105 Å². The molecule has 0 saturated carbocycles. The van der Waals surface area contributed by atoms with Gasteiger partial charge in [-0.25, -0.2) is 4.79 Å². The van der Waals surface area contributed by atoms with Crippen LogP contribution in [0, 0.1) is 0 Å². The van der Waals surface area contributed by atoms with E-state index in [0.717, 1.165) is 5.75 Å². The van der Waals surface area contributed by atoms with Gasteiger partial charge in [-0.1, -0.05) is 0 Å². The average Bonchev–Trinajstić information content (AvgIpc) is 2.42. The summed E-state index contributed by atoms with van der Waals surface area (Å²) in [6.07, 6.45) is 2.44. The summed E-state index contributed by atoms with van der Waals surface area (Å²) < 4.78 is 5.23. The van der Waals surface area contributed by atoms with Gasteiger partial charge in [0.1, 0.15) is 6.04 Å². The number of thioether (sulfide) groups is 1. The van der Waals surface area contributed by atoms with E-state index in [1.807, 2.05) is 6.26 Å². The molecule has 4 N–H and O–H groups in total. The molecule has 0 radical (unpaired) electrons. The first-order valence-corrected chi connectivity index (χ1v) is 7.53. The van der Waals surface area contributed by atoms with Crippen molar-refractivity contribution in [2.24, 2.45) is 5.73 Å². The minimum Gasteiger partial charge on any atom is -0.394 e. The van der Waals surface area contributed by atoms with Crippen LogP contribution in [0.15, 0.2) is 0 Å². The fourth-order valence-corrected chi connectivity index (χ4v) is 2.43. The second kappa shape index (κ2) is 8.23. The Labute approximate surface area is 116 Å². The number of aliphatic hydroxyl groups is 1. The maximum absolute atomic E-state index is 12.4. The van der Waals surface area contributed by atoms with Crippen molar-refractivity contribution in [2.45, 2.75) is 18.5 Å². The number of rotatable bonds is 6. The lowest BCUT2D eigenvalue weighted by molar-refractivity contribution is -0.143. The third kappa shape index (κ3) is 4.88. The number of carbonyl (C=O) groups is 2. The largest absolute Gasteiger partial charge is 0.394 e. The number of urea groups is 1. The quantitative estimate of drug-likeness (QED) is 0.582. The highest BCUT2D eigenvalue weighted by Crippen LogP contribution is 2.11. The number of nitrogens with two attached hydrogens (primary N) is 1. The second-order valence-corrected chi connectivity index (χ2v) is 5.27. The molecular weight excluding hydrogens is 270 g/mol. The first kappa shape index (κ1) is 16.1. The highest BCUT2D eigenvalue weighted by Gasteiger charge is 2.31. The monoisotopic (exact) mass is 291 g/mol. The van der Waals surface area contributed by atoms with Gasteiger partial charge in [0.2, 0.25) is 5.91 Å². The molecule has 2 unspecified atom stereocenters. The summed E-state index contributed by atoms with van der Waals surface area (Å²) in [5.41, 5.74) is 5.10. The normalized spacial score (nSPS) is 20.9. The Hall–Kier alpha value is -0.990. The number of hydrogen-bond donors (Lipinski definition) is 3. The van der Waals surface area contributed by atoms with Crippen molar-refractivity contribution in [3.63, 3.8) is 0 Å². The van der Waals surface area contributed by atoms with Gasteiger partial charge in [-0.05, 0) is 18.4 Å². The third-order valence-corrected chi connectivity index (χ3v) is 3.59. The minimum atomic E-state index is -0.715. The zero-order valence-corrected chi connectivity index (χ0v) is 11.8. The molecule has 1 saturated heterocycles. The molecule has 0 bridgehead atoms. The molecular formula is C11H21N3O4S. The molecule has 0 spiro atoms. The molecule has 2 atom stereocenters. The molecule has 110 valence electrons. The average molecular weight is 291 g/mol. The summed E-state index contributed by atoms with van der Waals surface area (Å²) in [4.78, 5) is 24.9. The predicted molar refractivity (Wildman–Crippen MR) is 72.9 cm³/mol. The van der Waals surface area contributed by atoms with Crippen molar-refractivity contribution in [1.29, 1.82) is 0 Å². The number of nitrogens with one attached hydrogen (secondary N) is 1. The number of morpholine rings is 1. The Bertz CT molecular complexity index is 316. The SMILES string of the molecule is CSCCC(NC(N)=O)C(=O)N1CCOCC1CO. The molecule has 0 aromatic heterocycles. The number of amides is 3. The van der Waals surface area contributed by atoms with Crippen LogP contribution in [0.5, 0.6) is 0 Å². The summed E-state index contributed by atoms with van der Waals surface area (Å²) in [5.74, 6) is 0.528. The van der Waals surface area contributed by atoms with E-state index in [4.69, 9.17) is 10.5 Å². The van der Waals surface area contributed by atoms with E-state index in [2.05, 4.69) is 5.32 Å². The molecule has 1 aliphatic rings. The lowest BCUT2D eigenvalue weighted by atomic mass is 10.1. The van der Waals surface area contributed by atoms with Gasteiger partial charge in [0.25, 0.3) is 0 Å². The van der Waals surface area contributed by atoms with Crippen molar-refractivity contribution in [2.75, 3.05) is 38.4 Å². The van der Waals surface area contributed by atoms with E-state index in [9.17, 15) is 14.7 Å². The van der Waals surface area contributed by atoms with E-state index in [-0.39, 0.29) is 18.6 Å². The van der Waals surface area contributed by atoms with Crippen molar-refractivity contribution in [3.8, 4) is 0 Å². The van der Waals surface area contributed by atoms with Crippen LogP contribution in [0.25, 0.3) is 0 Å². The second-order valence-electron chi connectivity index (χ2n) is 4.29. The fourth-order valence-electron chi connectivity index (χ4n) is 1.96. The molecule has 19 heavy (non-hydrogen) atoms. The molecule has 1 rings (SSSR count). The van der Waals surface area contributed by atoms with E-state index in [0.29, 0.717) is 26.2 Å². The van der Waals surface area contributed by atoms with Gasteiger partial charge in [0.05, 0.1) is 25.9 Å². The molecule has 0 aromatic rings. The van der Waals surface area contributed by atoms with Crippen LogP contribution < -0.4 is 11.1 Å². The molecule has 7 nitrogen and oxygen atoms in total. The first-order valence-electron chi connectivity index (χ1n) is 6.14. The van der Waals surface area contributed by atoms with Crippen molar-refractivity contribution in [3.05, 3.63) is 0 Å². The number of ether oxygens (including phenoxy) is 1. The van der Waals surface area contributed by atoms with Gasteiger partial charge in [0, 0.05) is 6.54 Å². The summed E-state index contributed by atoms with van der Waals surface area (Å²) in [6.45, 7) is 1.01. The lowest BCUT2D eigenvalue weighted by Crippen LogP contribution is -2.57. The Morgan fingerprint density at radius 1 is 1.63 bits per heavy atom. The smallest absolute Gasteiger partial charge is 0.312 e. The molecule has 0 aliphatic carbocycles. The number of nitrogens with zero attached hydrogens (tertiary/aromatic N) is 1. The van der Waals surface area contributed by atoms with Crippen LogP contribution in [0.3, 0.4) is 0 Å². The van der Waals surface area contributed by atoms with Crippen LogP contribution in [-0.4, -0.2) is 72.4 Å². The van der Waals surface area contributed by atoms with Gasteiger partial charge >= 0.3 is 6.03 Å². The third-order valence-electron chi connectivity index (χ3n) is 2.95. The van der Waals surface area contributed by atoms with E-state index in [1.54, 1.807) is 16.7 Å². The Kier molecular flexibility index (Phi) is 6.96. The predicted octanol–water partition coefficient (Wildman–Crippen LogP) is -1.00. The standard InChI is InChI=1S/C11H21N3O4S/c1-19-5-2-9(13-11(12)17)10(16)14-3-4-18-7-8(14)6-15/h8-9,15H,2-7H2,1H3,(H3,12,13,17). The maximum Gasteiger partial charge on any atom is 0.312 e. The molecule has 1 fully saturated rings. The summed E-state index contributed by atoms with van der Waals surface area (Å²) in [5, 5.41) is 11.7. The fraction of sp³-hybridized carbons (Fsp3) is 0.818. The lowest BCUT2D eigenvalue weighted by Gasteiger charge is -2.36. The zero-order valence-electron chi connectivity index (χ0n) is 11.0. The Balaban J connectivity index is 2.69. The summed E-state index contributed by atoms with van der Waals surface area (Å²) >= 11 is 1.59. The van der Waals surface area contributed by atoms with Crippen LogP contribution >= 0.6 is 11.8 Å². The van der Waals surface area contributed by atoms with Crippen LogP contribution in [0.2, 0.25) is 0 Å². The zero-order chi connectivity index (χ0) is 14.3. The van der Waals surface area contributed by atoms with Gasteiger partial charge in [0.15, 0.2) is 0 Å². The number of carbonyl (C=O) groups excluding carboxylic acids is 2. The van der Waals surface area contributed by atoms with Crippen molar-refractivity contribution >= 4 is 23.7 Å². The van der Waals surface area contributed by atoms with Crippen LogP contribution in [0.4, 0.5) is 4.79 Å². The molecule has 3 amide bonds. The number of hydrogen-bond acceptors (Lipinski definition) is 5.